The molecule has 0 aliphatic rings. The second kappa shape index (κ2) is 8.96. The van der Waals surface area contributed by atoms with E-state index in [1.165, 1.54) is 14.7 Å². The van der Waals surface area contributed by atoms with Gasteiger partial charge in [0, 0.05) is 7.11 Å². The fourth-order valence-corrected chi connectivity index (χ4v) is 3.95. The van der Waals surface area contributed by atoms with Gasteiger partial charge in [0.2, 0.25) is 0 Å². The molecule has 0 bridgehead atoms. The van der Waals surface area contributed by atoms with Crippen molar-refractivity contribution in [2.75, 3.05) is 13.7 Å². The lowest BCUT2D eigenvalue weighted by molar-refractivity contribution is 0.184. The van der Waals surface area contributed by atoms with Gasteiger partial charge in [0.25, 0.3) is 5.56 Å². The van der Waals surface area contributed by atoms with Crippen molar-refractivity contribution < 1.29 is 4.74 Å². The van der Waals surface area contributed by atoms with Gasteiger partial charge in [-0.25, -0.2) is 14.3 Å². The summed E-state index contributed by atoms with van der Waals surface area (Å²) in [6.07, 6.45) is 1.64. The van der Waals surface area contributed by atoms with Crippen LogP contribution in [0.5, 0.6) is 0 Å². The zero-order valence-electron chi connectivity index (χ0n) is 18.9. The number of hydrogen-bond donors (Lipinski definition) is 0. The molecule has 0 fully saturated rings. The molecule has 4 aromatic rings. The summed E-state index contributed by atoms with van der Waals surface area (Å²) in [5, 5.41) is 0. The van der Waals surface area contributed by atoms with Crippen molar-refractivity contribution in [3.05, 3.63) is 92.9 Å². The number of aromatic nitrogens is 4. The van der Waals surface area contributed by atoms with Gasteiger partial charge in [-0.1, -0.05) is 56.3 Å². The second-order valence-electron chi connectivity index (χ2n) is 8.22. The molecule has 0 unspecified atom stereocenters. The molecule has 7 nitrogen and oxygen atoms in total. The van der Waals surface area contributed by atoms with Gasteiger partial charge in [-0.15, -0.1) is 0 Å². The SMILES string of the molecule is COCCn1c(=O)c2c(ncn2[C@H](C)c2ccccc2)n(-c2ccc(C(C)C)cc2)c1=O. The van der Waals surface area contributed by atoms with Crippen LogP contribution >= 0.6 is 0 Å². The highest BCUT2D eigenvalue weighted by atomic mass is 16.5. The van der Waals surface area contributed by atoms with Gasteiger partial charge in [-0.05, 0) is 36.1 Å². The number of fused-ring (bicyclic) bond motifs is 1. The van der Waals surface area contributed by atoms with Crippen molar-refractivity contribution in [2.24, 2.45) is 0 Å². The van der Waals surface area contributed by atoms with Crippen molar-refractivity contribution in [1.82, 2.24) is 18.7 Å². The Morgan fingerprint density at radius 2 is 1.62 bits per heavy atom. The Balaban J connectivity index is 1.98. The quantitative estimate of drug-likeness (QED) is 0.446. The van der Waals surface area contributed by atoms with Gasteiger partial charge in [0.05, 0.1) is 31.2 Å². The molecule has 2 aromatic carbocycles. The third kappa shape index (κ3) is 3.80. The Hall–Kier alpha value is -3.45. The number of hydrogen-bond acceptors (Lipinski definition) is 4. The van der Waals surface area contributed by atoms with E-state index >= 15 is 0 Å². The van der Waals surface area contributed by atoms with Gasteiger partial charge in [0.1, 0.15) is 0 Å². The predicted molar refractivity (Wildman–Crippen MR) is 126 cm³/mol. The topological polar surface area (TPSA) is 71.1 Å². The van der Waals surface area contributed by atoms with Gasteiger partial charge in [-0.3, -0.25) is 9.36 Å². The van der Waals surface area contributed by atoms with Crippen LogP contribution in [0.3, 0.4) is 0 Å². The number of rotatable bonds is 7. The van der Waals surface area contributed by atoms with E-state index < -0.39 is 5.69 Å². The second-order valence-corrected chi connectivity index (χ2v) is 8.22. The first-order chi connectivity index (χ1) is 15.4. The highest BCUT2D eigenvalue weighted by molar-refractivity contribution is 5.73. The molecule has 0 radical (unpaired) electrons. The summed E-state index contributed by atoms with van der Waals surface area (Å²) in [7, 11) is 1.55. The fraction of sp³-hybridized carbons (Fsp3) is 0.320. The molecule has 166 valence electrons. The summed E-state index contributed by atoms with van der Waals surface area (Å²) in [4.78, 5) is 31.4. The van der Waals surface area contributed by atoms with Crippen molar-refractivity contribution in [3.8, 4) is 5.69 Å². The van der Waals surface area contributed by atoms with E-state index in [2.05, 4.69) is 18.8 Å². The van der Waals surface area contributed by atoms with E-state index in [9.17, 15) is 9.59 Å². The van der Waals surface area contributed by atoms with E-state index in [1.54, 1.807) is 13.4 Å². The largest absolute Gasteiger partial charge is 0.383 e. The van der Waals surface area contributed by atoms with Crippen molar-refractivity contribution in [2.45, 2.75) is 39.3 Å². The first-order valence-corrected chi connectivity index (χ1v) is 10.8. The average Bonchev–Trinajstić information content (AvgIpc) is 3.24. The van der Waals surface area contributed by atoms with Crippen molar-refractivity contribution in [1.29, 1.82) is 0 Å². The maximum atomic E-state index is 13.4. The predicted octanol–water partition coefficient (Wildman–Crippen LogP) is 3.73. The summed E-state index contributed by atoms with van der Waals surface area (Å²) in [6, 6.07) is 17.6. The number of imidazole rings is 1. The van der Waals surface area contributed by atoms with Crippen LogP contribution in [0.1, 0.15) is 43.9 Å². The van der Waals surface area contributed by atoms with Gasteiger partial charge in [0.15, 0.2) is 11.2 Å². The van der Waals surface area contributed by atoms with Crippen LogP contribution in [0.2, 0.25) is 0 Å². The van der Waals surface area contributed by atoms with E-state index in [-0.39, 0.29) is 24.8 Å². The molecule has 0 aliphatic heterocycles. The van der Waals surface area contributed by atoms with E-state index in [4.69, 9.17) is 4.74 Å². The van der Waals surface area contributed by atoms with E-state index in [0.29, 0.717) is 22.8 Å². The van der Waals surface area contributed by atoms with Crippen LogP contribution in [0.25, 0.3) is 16.9 Å². The van der Waals surface area contributed by atoms with Gasteiger partial charge >= 0.3 is 5.69 Å². The summed E-state index contributed by atoms with van der Waals surface area (Å²) in [5.41, 5.74) is 2.86. The lowest BCUT2D eigenvalue weighted by Gasteiger charge is -2.17. The minimum Gasteiger partial charge on any atom is -0.383 e. The van der Waals surface area contributed by atoms with Crippen LogP contribution in [-0.4, -0.2) is 32.4 Å². The van der Waals surface area contributed by atoms with Gasteiger partial charge in [-0.2, -0.15) is 0 Å². The van der Waals surface area contributed by atoms with Gasteiger partial charge < -0.3 is 9.30 Å². The van der Waals surface area contributed by atoms with Crippen LogP contribution in [-0.2, 0) is 11.3 Å². The van der Waals surface area contributed by atoms with Crippen molar-refractivity contribution in [3.63, 3.8) is 0 Å². The molecule has 7 heteroatoms. The summed E-state index contributed by atoms with van der Waals surface area (Å²) >= 11 is 0. The number of nitrogens with zero attached hydrogens (tertiary/aromatic N) is 4. The molecule has 0 amide bonds. The Morgan fingerprint density at radius 1 is 0.938 bits per heavy atom. The molecule has 0 saturated carbocycles. The Labute approximate surface area is 186 Å². The maximum Gasteiger partial charge on any atom is 0.337 e. The highest BCUT2D eigenvalue weighted by Gasteiger charge is 2.21. The van der Waals surface area contributed by atoms with Crippen LogP contribution in [0.15, 0.2) is 70.5 Å². The Kier molecular flexibility index (Phi) is 6.10. The third-order valence-corrected chi connectivity index (χ3v) is 5.89. The molecule has 0 N–H and O–H groups in total. The van der Waals surface area contributed by atoms with E-state index in [0.717, 1.165) is 5.56 Å². The molecular weight excluding hydrogens is 404 g/mol. The third-order valence-electron chi connectivity index (χ3n) is 5.89. The average molecular weight is 433 g/mol. The monoisotopic (exact) mass is 432 g/mol. The first kappa shape index (κ1) is 21.8. The standard InChI is InChI=1S/C25H28N4O3/c1-17(2)19-10-12-21(13-11-19)29-23-22(24(30)27(25(29)31)14-15-32-4)28(16-26-23)18(3)20-8-6-5-7-9-20/h5-13,16-18H,14-15H2,1-4H3/t18-/m1/s1. The smallest absolute Gasteiger partial charge is 0.337 e. The van der Waals surface area contributed by atoms with Crippen molar-refractivity contribution >= 4 is 11.2 Å². The molecule has 0 aliphatic carbocycles. The lowest BCUT2D eigenvalue weighted by Crippen LogP contribution is -2.41. The molecule has 32 heavy (non-hydrogen) atoms. The van der Waals surface area contributed by atoms with Crippen LogP contribution < -0.4 is 11.2 Å². The summed E-state index contributed by atoms with van der Waals surface area (Å²) in [5.74, 6) is 0.377. The number of methoxy groups -OCH3 is 1. The zero-order valence-corrected chi connectivity index (χ0v) is 18.9. The maximum absolute atomic E-state index is 13.4. The Morgan fingerprint density at radius 3 is 2.25 bits per heavy atom. The van der Waals surface area contributed by atoms with E-state index in [1.807, 2.05) is 66.1 Å². The minimum absolute atomic E-state index is 0.126. The molecule has 0 saturated heterocycles. The molecule has 2 aromatic heterocycles. The highest BCUT2D eigenvalue weighted by Crippen LogP contribution is 2.23. The molecule has 4 rings (SSSR count). The summed E-state index contributed by atoms with van der Waals surface area (Å²) < 4.78 is 9.75. The first-order valence-electron chi connectivity index (χ1n) is 10.8. The zero-order chi connectivity index (χ0) is 22.8. The van der Waals surface area contributed by atoms with Crippen LogP contribution in [0.4, 0.5) is 0 Å². The minimum atomic E-state index is -0.422. The number of benzene rings is 2. The summed E-state index contributed by atoms with van der Waals surface area (Å²) in [6.45, 7) is 6.69. The molecule has 1 atom stereocenters. The van der Waals surface area contributed by atoms with Crippen LogP contribution in [0, 0.1) is 0 Å². The normalized spacial score (nSPS) is 12.5. The Bertz CT molecular complexity index is 1330. The molecule has 2 heterocycles. The number of ether oxygens (including phenoxy) is 1. The molecule has 0 spiro atoms. The fourth-order valence-electron chi connectivity index (χ4n) is 3.95. The lowest BCUT2D eigenvalue weighted by atomic mass is 10.0. The molecular formula is C25H28N4O3.